The number of hydrogen-bond acceptors (Lipinski definition) is 4. The first-order valence-corrected chi connectivity index (χ1v) is 5.49. The number of carbonyl (C=O) groups is 1. The van der Waals surface area contributed by atoms with Crippen LogP contribution in [0.5, 0.6) is 0 Å². The summed E-state index contributed by atoms with van der Waals surface area (Å²) in [7, 11) is 0. The first kappa shape index (κ1) is 12.4. The lowest BCUT2D eigenvalue weighted by Gasteiger charge is -2.09. The highest BCUT2D eigenvalue weighted by molar-refractivity contribution is 5.76. The zero-order valence-electron chi connectivity index (χ0n) is 9.00. The summed E-state index contributed by atoms with van der Waals surface area (Å²) < 4.78 is 5.03. The van der Waals surface area contributed by atoms with Crippen LogP contribution in [0, 0.1) is 5.92 Å². The first-order chi connectivity index (χ1) is 7.33. The standard InChI is InChI=1S/C10H20N2O3/c13-4-6-15-5-3-12-10(14)7-9-1-2-11-8-9/h9,11,13H,1-8H2,(H,12,14). The number of aliphatic hydroxyl groups excluding tert-OH is 1. The molecule has 88 valence electrons. The van der Waals surface area contributed by atoms with E-state index < -0.39 is 0 Å². The average Bonchev–Trinajstić information content (AvgIpc) is 2.70. The van der Waals surface area contributed by atoms with Gasteiger partial charge in [-0.2, -0.15) is 0 Å². The zero-order chi connectivity index (χ0) is 10.9. The normalized spacial score (nSPS) is 20.5. The molecule has 3 N–H and O–H groups in total. The maximum atomic E-state index is 11.4. The first-order valence-electron chi connectivity index (χ1n) is 5.49. The summed E-state index contributed by atoms with van der Waals surface area (Å²) in [6.45, 7) is 3.34. The Balaban J connectivity index is 1.93. The molecule has 1 amide bonds. The molecule has 1 unspecified atom stereocenters. The molecule has 1 fully saturated rings. The lowest BCUT2D eigenvalue weighted by atomic mass is 10.0. The van der Waals surface area contributed by atoms with Crippen LogP contribution in [0.4, 0.5) is 0 Å². The second-order valence-electron chi connectivity index (χ2n) is 3.75. The van der Waals surface area contributed by atoms with Crippen molar-refractivity contribution in [3.63, 3.8) is 0 Å². The summed E-state index contributed by atoms with van der Waals surface area (Å²) in [5, 5.41) is 14.5. The van der Waals surface area contributed by atoms with E-state index in [2.05, 4.69) is 10.6 Å². The van der Waals surface area contributed by atoms with Crippen LogP contribution in [0.3, 0.4) is 0 Å². The fraction of sp³-hybridized carbons (Fsp3) is 0.900. The van der Waals surface area contributed by atoms with Crippen LogP contribution in [-0.2, 0) is 9.53 Å². The Morgan fingerprint density at radius 3 is 3.07 bits per heavy atom. The number of amides is 1. The van der Waals surface area contributed by atoms with E-state index in [0.29, 0.717) is 32.1 Å². The second kappa shape index (κ2) is 7.62. The molecule has 5 nitrogen and oxygen atoms in total. The predicted molar refractivity (Wildman–Crippen MR) is 56.5 cm³/mol. The van der Waals surface area contributed by atoms with Crippen molar-refractivity contribution < 1.29 is 14.6 Å². The molecular weight excluding hydrogens is 196 g/mol. The molecule has 5 heteroatoms. The van der Waals surface area contributed by atoms with E-state index in [0.717, 1.165) is 19.5 Å². The third-order valence-corrected chi connectivity index (χ3v) is 2.44. The minimum Gasteiger partial charge on any atom is -0.394 e. The summed E-state index contributed by atoms with van der Waals surface area (Å²) >= 11 is 0. The van der Waals surface area contributed by atoms with Crippen LogP contribution in [0.2, 0.25) is 0 Å². The maximum Gasteiger partial charge on any atom is 0.220 e. The minimum absolute atomic E-state index is 0.0295. The van der Waals surface area contributed by atoms with Gasteiger partial charge in [-0.3, -0.25) is 4.79 Å². The van der Waals surface area contributed by atoms with Crippen molar-refractivity contribution in [2.24, 2.45) is 5.92 Å². The van der Waals surface area contributed by atoms with Crippen LogP contribution in [0.25, 0.3) is 0 Å². The Kier molecular flexibility index (Phi) is 6.31. The number of carbonyl (C=O) groups excluding carboxylic acids is 1. The highest BCUT2D eigenvalue weighted by atomic mass is 16.5. The number of ether oxygens (including phenoxy) is 1. The molecule has 0 spiro atoms. The Morgan fingerprint density at radius 1 is 1.53 bits per heavy atom. The molecular formula is C10H20N2O3. The molecule has 0 radical (unpaired) electrons. The Morgan fingerprint density at radius 2 is 2.40 bits per heavy atom. The molecule has 0 aromatic carbocycles. The summed E-state index contributed by atoms with van der Waals surface area (Å²) in [5.41, 5.74) is 0. The highest BCUT2D eigenvalue weighted by Crippen LogP contribution is 2.11. The lowest BCUT2D eigenvalue weighted by Crippen LogP contribution is -2.29. The minimum atomic E-state index is 0.0295. The Bertz CT molecular complexity index is 182. The van der Waals surface area contributed by atoms with Gasteiger partial charge in [0.1, 0.15) is 0 Å². The quantitative estimate of drug-likeness (QED) is 0.483. The van der Waals surface area contributed by atoms with Gasteiger partial charge < -0.3 is 20.5 Å². The molecule has 1 atom stereocenters. The highest BCUT2D eigenvalue weighted by Gasteiger charge is 2.17. The third-order valence-electron chi connectivity index (χ3n) is 2.44. The van der Waals surface area contributed by atoms with E-state index >= 15 is 0 Å². The molecule has 0 saturated carbocycles. The molecule has 0 aromatic heterocycles. The van der Waals surface area contributed by atoms with Gasteiger partial charge >= 0.3 is 0 Å². The SMILES string of the molecule is O=C(CC1CCNC1)NCCOCCO. The van der Waals surface area contributed by atoms with Gasteiger partial charge in [0.15, 0.2) is 0 Å². The molecule has 1 saturated heterocycles. The van der Waals surface area contributed by atoms with Crippen molar-refractivity contribution in [2.45, 2.75) is 12.8 Å². The van der Waals surface area contributed by atoms with E-state index in [9.17, 15) is 4.79 Å². The van der Waals surface area contributed by atoms with E-state index in [1.165, 1.54) is 0 Å². The summed E-state index contributed by atoms with van der Waals surface area (Å²) in [6, 6.07) is 0. The molecule has 1 rings (SSSR count). The van der Waals surface area contributed by atoms with Gasteiger partial charge in [0.05, 0.1) is 19.8 Å². The van der Waals surface area contributed by atoms with Crippen molar-refractivity contribution in [1.82, 2.24) is 10.6 Å². The summed E-state index contributed by atoms with van der Waals surface area (Å²) in [6.07, 6.45) is 1.70. The number of hydrogen-bond donors (Lipinski definition) is 3. The van der Waals surface area contributed by atoms with Gasteiger partial charge in [-0.1, -0.05) is 0 Å². The molecule has 1 aliphatic heterocycles. The predicted octanol–water partition coefficient (Wildman–Crippen LogP) is -0.889. The number of aliphatic hydroxyl groups is 1. The smallest absolute Gasteiger partial charge is 0.220 e. The summed E-state index contributed by atoms with van der Waals surface area (Å²) in [5.74, 6) is 0.583. The van der Waals surface area contributed by atoms with Crippen LogP contribution >= 0.6 is 0 Å². The Hall–Kier alpha value is -0.650. The number of rotatable bonds is 7. The third kappa shape index (κ3) is 5.71. The fourth-order valence-electron chi connectivity index (χ4n) is 1.65. The molecule has 0 aromatic rings. The van der Waals surface area contributed by atoms with Crippen molar-refractivity contribution in [3.05, 3.63) is 0 Å². The van der Waals surface area contributed by atoms with E-state index in [1.54, 1.807) is 0 Å². The molecule has 15 heavy (non-hydrogen) atoms. The van der Waals surface area contributed by atoms with Gasteiger partial charge in [-0.15, -0.1) is 0 Å². The molecule has 0 bridgehead atoms. The van der Waals surface area contributed by atoms with E-state index in [-0.39, 0.29) is 12.5 Å². The summed E-state index contributed by atoms with van der Waals surface area (Å²) in [4.78, 5) is 11.4. The van der Waals surface area contributed by atoms with Gasteiger partial charge in [0, 0.05) is 13.0 Å². The van der Waals surface area contributed by atoms with Crippen molar-refractivity contribution >= 4 is 5.91 Å². The van der Waals surface area contributed by atoms with Crippen molar-refractivity contribution in [2.75, 3.05) is 39.5 Å². The second-order valence-corrected chi connectivity index (χ2v) is 3.75. The molecule has 0 aliphatic carbocycles. The number of nitrogens with one attached hydrogen (secondary N) is 2. The van der Waals surface area contributed by atoms with E-state index in [1.807, 2.05) is 0 Å². The zero-order valence-corrected chi connectivity index (χ0v) is 9.00. The van der Waals surface area contributed by atoms with Gasteiger partial charge in [0.2, 0.25) is 5.91 Å². The average molecular weight is 216 g/mol. The van der Waals surface area contributed by atoms with E-state index in [4.69, 9.17) is 9.84 Å². The van der Waals surface area contributed by atoms with Gasteiger partial charge in [-0.25, -0.2) is 0 Å². The van der Waals surface area contributed by atoms with Gasteiger partial charge in [-0.05, 0) is 25.4 Å². The van der Waals surface area contributed by atoms with Crippen molar-refractivity contribution in [3.8, 4) is 0 Å². The fourth-order valence-corrected chi connectivity index (χ4v) is 1.65. The van der Waals surface area contributed by atoms with Crippen LogP contribution in [0.1, 0.15) is 12.8 Å². The maximum absolute atomic E-state index is 11.4. The van der Waals surface area contributed by atoms with Crippen LogP contribution in [-0.4, -0.2) is 50.5 Å². The molecule has 1 heterocycles. The topological polar surface area (TPSA) is 70.6 Å². The molecule has 1 aliphatic rings. The van der Waals surface area contributed by atoms with Crippen molar-refractivity contribution in [1.29, 1.82) is 0 Å². The lowest BCUT2D eigenvalue weighted by molar-refractivity contribution is -0.122. The largest absolute Gasteiger partial charge is 0.394 e. The van der Waals surface area contributed by atoms with Crippen LogP contribution in [0.15, 0.2) is 0 Å². The van der Waals surface area contributed by atoms with Crippen LogP contribution < -0.4 is 10.6 Å². The monoisotopic (exact) mass is 216 g/mol. The Labute approximate surface area is 90.2 Å². The van der Waals surface area contributed by atoms with Gasteiger partial charge in [0.25, 0.3) is 0 Å².